The van der Waals surface area contributed by atoms with Crippen molar-refractivity contribution in [2.45, 2.75) is 54.6 Å². The van der Waals surface area contributed by atoms with Crippen LogP contribution in [0.5, 0.6) is 0 Å². The van der Waals surface area contributed by atoms with E-state index in [1.165, 1.54) is 0 Å². The summed E-state index contributed by atoms with van der Waals surface area (Å²) in [6.07, 6.45) is -0.834. The van der Waals surface area contributed by atoms with Gasteiger partial charge in [0.25, 0.3) is 0 Å². The van der Waals surface area contributed by atoms with E-state index in [1.54, 1.807) is 13.8 Å². The number of carbonyl (C=O) groups excluding carboxylic acids is 2. The topological polar surface area (TPSA) is 76.7 Å². The van der Waals surface area contributed by atoms with Crippen molar-refractivity contribution in [3.63, 3.8) is 0 Å². The van der Waals surface area contributed by atoms with Gasteiger partial charge in [-0.3, -0.25) is 0 Å². The molecule has 0 aliphatic carbocycles. The molecule has 134 valence electrons. The molecule has 0 saturated heterocycles. The maximum Gasteiger partial charge on any atom is 0.407 e. The average molecular weight is 336 g/mol. The van der Waals surface area contributed by atoms with E-state index in [2.05, 4.69) is 10.6 Å². The van der Waals surface area contributed by atoms with Crippen LogP contribution in [0.25, 0.3) is 0 Å². The van der Waals surface area contributed by atoms with Gasteiger partial charge in [-0.2, -0.15) is 0 Å². The monoisotopic (exact) mass is 336 g/mol. The number of rotatable bonds is 6. The van der Waals surface area contributed by atoms with E-state index in [0.717, 1.165) is 33.4 Å². The van der Waals surface area contributed by atoms with Gasteiger partial charge in [0, 0.05) is 13.1 Å². The number of amides is 2. The van der Waals surface area contributed by atoms with Gasteiger partial charge in [0.05, 0.1) is 13.2 Å². The molecule has 1 rings (SSSR count). The van der Waals surface area contributed by atoms with Crippen LogP contribution in [0.4, 0.5) is 9.59 Å². The van der Waals surface area contributed by atoms with E-state index in [1.807, 2.05) is 27.7 Å². The van der Waals surface area contributed by atoms with Crippen molar-refractivity contribution >= 4 is 12.2 Å². The summed E-state index contributed by atoms with van der Waals surface area (Å²) in [7, 11) is 0. The zero-order chi connectivity index (χ0) is 18.3. The first kappa shape index (κ1) is 19.8. The van der Waals surface area contributed by atoms with Crippen molar-refractivity contribution in [3.8, 4) is 0 Å². The molecule has 0 spiro atoms. The molecule has 24 heavy (non-hydrogen) atoms. The summed E-state index contributed by atoms with van der Waals surface area (Å²) in [4.78, 5) is 23.0. The van der Waals surface area contributed by atoms with Gasteiger partial charge in [-0.25, -0.2) is 9.59 Å². The molecule has 0 heterocycles. The van der Waals surface area contributed by atoms with Crippen molar-refractivity contribution in [1.29, 1.82) is 0 Å². The molecular weight excluding hydrogens is 308 g/mol. The molecule has 0 saturated carbocycles. The first-order chi connectivity index (χ1) is 11.3. The standard InChI is InChI=1S/C18H28N2O4/c1-7-23-17(21)19-9-15-11(3)13(5)16(14(6)12(15)4)10-20-18(22)24-8-2/h7-10H2,1-6H3,(H,19,21)(H,20,22). The summed E-state index contributed by atoms with van der Waals surface area (Å²) in [5.41, 5.74) is 6.59. The fourth-order valence-corrected chi connectivity index (χ4v) is 2.68. The van der Waals surface area contributed by atoms with Crippen molar-refractivity contribution in [2.24, 2.45) is 0 Å². The highest BCUT2D eigenvalue weighted by atomic mass is 16.5. The Morgan fingerprint density at radius 3 is 1.25 bits per heavy atom. The van der Waals surface area contributed by atoms with E-state index < -0.39 is 12.2 Å². The molecule has 0 atom stereocenters. The molecule has 2 amide bonds. The van der Waals surface area contributed by atoms with Crippen LogP contribution in [0, 0.1) is 27.7 Å². The summed E-state index contributed by atoms with van der Waals surface area (Å²) in [6.45, 7) is 13.2. The van der Waals surface area contributed by atoms with Gasteiger partial charge < -0.3 is 20.1 Å². The summed E-state index contributed by atoms with van der Waals surface area (Å²) in [5, 5.41) is 5.54. The Hall–Kier alpha value is -2.24. The number of hydrogen-bond donors (Lipinski definition) is 2. The molecule has 0 unspecified atom stereocenters. The lowest BCUT2D eigenvalue weighted by Crippen LogP contribution is -2.26. The molecule has 0 bridgehead atoms. The molecule has 1 aromatic rings. The van der Waals surface area contributed by atoms with Gasteiger partial charge in [-0.05, 0) is 74.9 Å². The fraction of sp³-hybridized carbons (Fsp3) is 0.556. The predicted molar refractivity (Wildman–Crippen MR) is 93.1 cm³/mol. The third-order valence-electron chi connectivity index (χ3n) is 4.31. The Morgan fingerprint density at radius 2 is 1.00 bits per heavy atom. The molecule has 0 aromatic heterocycles. The zero-order valence-electron chi connectivity index (χ0n) is 15.5. The van der Waals surface area contributed by atoms with E-state index in [0.29, 0.717) is 26.3 Å². The summed E-state index contributed by atoms with van der Waals surface area (Å²) in [6, 6.07) is 0. The second kappa shape index (κ2) is 9.15. The highest BCUT2D eigenvalue weighted by molar-refractivity contribution is 5.68. The first-order valence-corrected chi connectivity index (χ1v) is 8.22. The zero-order valence-corrected chi connectivity index (χ0v) is 15.5. The Labute approximate surface area is 143 Å². The van der Waals surface area contributed by atoms with Gasteiger partial charge >= 0.3 is 12.2 Å². The molecular formula is C18H28N2O4. The number of alkyl carbamates (subject to hydrolysis) is 2. The molecule has 6 nitrogen and oxygen atoms in total. The van der Waals surface area contributed by atoms with Crippen LogP contribution in [0.2, 0.25) is 0 Å². The van der Waals surface area contributed by atoms with Crippen molar-refractivity contribution < 1.29 is 19.1 Å². The lowest BCUT2D eigenvalue weighted by Gasteiger charge is -2.21. The van der Waals surface area contributed by atoms with E-state index in [-0.39, 0.29) is 0 Å². The van der Waals surface area contributed by atoms with Crippen molar-refractivity contribution in [1.82, 2.24) is 10.6 Å². The molecule has 6 heteroatoms. The van der Waals surface area contributed by atoms with Crippen molar-refractivity contribution in [2.75, 3.05) is 13.2 Å². The van der Waals surface area contributed by atoms with Gasteiger partial charge in [-0.1, -0.05) is 0 Å². The van der Waals surface area contributed by atoms with E-state index in [9.17, 15) is 9.59 Å². The summed E-state index contributed by atoms with van der Waals surface area (Å²) < 4.78 is 9.81. The summed E-state index contributed by atoms with van der Waals surface area (Å²) in [5.74, 6) is 0. The van der Waals surface area contributed by atoms with Crippen LogP contribution in [-0.4, -0.2) is 25.4 Å². The maximum absolute atomic E-state index is 11.5. The second-order valence-electron chi connectivity index (χ2n) is 5.61. The van der Waals surface area contributed by atoms with Gasteiger partial charge in [0.2, 0.25) is 0 Å². The van der Waals surface area contributed by atoms with Crippen LogP contribution in [0.15, 0.2) is 0 Å². The number of carbonyl (C=O) groups is 2. The average Bonchev–Trinajstić information content (AvgIpc) is 2.53. The van der Waals surface area contributed by atoms with Gasteiger partial charge in [-0.15, -0.1) is 0 Å². The van der Waals surface area contributed by atoms with Crippen LogP contribution in [-0.2, 0) is 22.6 Å². The quantitative estimate of drug-likeness (QED) is 0.834. The normalized spacial score (nSPS) is 10.2. The van der Waals surface area contributed by atoms with Gasteiger partial charge in [0.15, 0.2) is 0 Å². The van der Waals surface area contributed by atoms with Crippen LogP contribution in [0.3, 0.4) is 0 Å². The highest BCUT2D eigenvalue weighted by Gasteiger charge is 2.16. The predicted octanol–water partition coefficient (Wildman–Crippen LogP) is 3.41. The third-order valence-corrected chi connectivity index (χ3v) is 4.31. The second-order valence-corrected chi connectivity index (χ2v) is 5.61. The van der Waals surface area contributed by atoms with E-state index >= 15 is 0 Å². The molecule has 2 N–H and O–H groups in total. The Kier molecular flexibility index (Phi) is 7.55. The first-order valence-electron chi connectivity index (χ1n) is 8.22. The number of nitrogens with one attached hydrogen (secondary N) is 2. The SMILES string of the molecule is CCOC(=O)NCc1c(C)c(C)c(CNC(=O)OCC)c(C)c1C. The molecule has 1 aromatic carbocycles. The highest BCUT2D eigenvalue weighted by Crippen LogP contribution is 2.26. The van der Waals surface area contributed by atoms with Gasteiger partial charge in [0.1, 0.15) is 0 Å². The van der Waals surface area contributed by atoms with Crippen LogP contribution >= 0.6 is 0 Å². The van der Waals surface area contributed by atoms with Crippen molar-refractivity contribution in [3.05, 3.63) is 33.4 Å². The van der Waals surface area contributed by atoms with Crippen LogP contribution in [0.1, 0.15) is 47.2 Å². The molecule has 0 aliphatic heterocycles. The largest absolute Gasteiger partial charge is 0.450 e. The smallest absolute Gasteiger partial charge is 0.407 e. The number of hydrogen-bond acceptors (Lipinski definition) is 4. The summed E-state index contributed by atoms with van der Waals surface area (Å²) >= 11 is 0. The van der Waals surface area contributed by atoms with Crippen LogP contribution < -0.4 is 10.6 Å². The minimum atomic E-state index is -0.417. The lowest BCUT2D eigenvalue weighted by molar-refractivity contribution is 0.150. The minimum Gasteiger partial charge on any atom is -0.450 e. The van der Waals surface area contributed by atoms with E-state index in [4.69, 9.17) is 9.47 Å². The Bertz CT molecular complexity index is 530. The Balaban J connectivity index is 2.98. The molecule has 0 aliphatic rings. The fourth-order valence-electron chi connectivity index (χ4n) is 2.68. The minimum absolute atomic E-state index is 0.348. The lowest BCUT2D eigenvalue weighted by atomic mass is 9.89. The maximum atomic E-state index is 11.5. The third kappa shape index (κ3) is 4.88. The molecule has 0 fully saturated rings. The molecule has 0 radical (unpaired) electrons. The Morgan fingerprint density at radius 1 is 0.708 bits per heavy atom. The number of ether oxygens (including phenoxy) is 2. The number of benzene rings is 1.